The highest BCUT2D eigenvalue weighted by molar-refractivity contribution is 5.31. The molecule has 120 valence electrons. The van der Waals surface area contributed by atoms with Crippen LogP contribution in [0.4, 0.5) is 8.78 Å². The van der Waals surface area contributed by atoms with Gasteiger partial charge in [0.2, 0.25) is 0 Å². The van der Waals surface area contributed by atoms with Crippen LogP contribution in [0.3, 0.4) is 0 Å². The summed E-state index contributed by atoms with van der Waals surface area (Å²) in [6, 6.07) is 2.54. The number of ether oxygens (including phenoxy) is 1. The van der Waals surface area contributed by atoms with Gasteiger partial charge in [0.05, 0.1) is 0 Å². The highest BCUT2D eigenvalue weighted by Gasteiger charge is 2.14. The molecule has 21 heavy (non-hydrogen) atoms. The molecule has 0 fully saturated rings. The van der Waals surface area contributed by atoms with Crippen LogP contribution in [0.1, 0.15) is 32.8 Å². The van der Waals surface area contributed by atoms with E-state index in [1.165, 1.54) is 12.1 Å². The Balaban J connectivity index is 2.67. The molecule has 0 saturated carbocycles. The molecule has 2 N–H and O–H groups in total. The van der Waals surface area contributed by atoms with Gasteiger partial charge in [-0.1, -0.05) is 20.8 Å². The number of nitrogens with zero attached hydrogens (tertiary/aromatic N) is 1. The summed E-state index contributed by atoms with van der Waals surface area (Å²) in [5, 5.41) is 0. The summed E-state index contributed by atoms with van der Waals surface area (Å²) in [5.41, 5.74) is 6.37. The first kappa shape index (κ1) is 17.9. The molecular formula is C16H26F2N2O. The van der Waals surface area contributed by atoms with Crippen LogP contribution in [0.15, 0.2) is 12.1 Å². The number of halogens is 2. The third kappa shape index (κ3) is 5.59. The summed E-state index contributed by atoms with van der Waals surface area (Å²) in [4.78, 5) is 2.13. The van der Waals surface area contributed by atoms with E-state index in [0.717, 1.165) is 19.5 Å². The van der Waals surface area contributed by atoms with Crippen LogP contribution >= 0.6 is 0 Å². The van der Waals surface area contributed by atoms with Gasteiger partial charge in [-0.05, 0) is 43.6 Å². The minimum absolute atomic E-state index is 0.0850. The predicted octanol–water partition coefficient (Wildman–Crippen LogP) is 2.97. The van der Waals surface area contributed by atoms with Gasteiger partial charge in [-0.25, -0.2) is 8.78 Å². The molecule has 1 unspecified atom stereocenters. The van der Waals surface area contributed by atoms with Crippen molar-refractivity contribution in [3.63, 3.8) is 0 Å². The third-order valence-electron chi connectivity index (χ3n) is 3.63. The van der Waals surface area contributed by atoms with Crippen molar-refractivity contribution in [2.24, 2.45) is 5.73 Å². The summed E-state index contributed by atoms with van der Waals surface area (Å²) in [6.07, 6.45) is 1.23. The number of likely N-dealkylation sites (N-methyl/N-ethyl adjacent to an activating group) is 1. The number of benzene rings is 1. The molecule has 1 aromatic rings. The van der Waals surface area contributed by atoms with Crippen LogP contribution in [0.2, 0.25) is 0 Å². The van der Waals surface area contributed by atoms with E-state index in [1.807, 2.05) is 20.8 Å². The first-order valence-electron chi connectivity index (χ1n) is 7.60. The summed E-state index contributed by atoms with van der Waals surface area (Å²) in [6.45, 7) is 8.71. The van der Waals surface area contributed by atoms with Crippen LogP contribution < -0.4 is 10.5 Å². The first-order valence-corrected chi connectivity index (χ1v) is 7.60. The predicted molar refractivity (Wildman–Crippen MR) is 81.6 cm³/mol. The van der Waals surface area contributed by atoms with E-state index in [9.17, 15) is 8.78 Å². The van der Waals surface area contributed by atoms with Crippen LogP contribution in [-0.2, 0) is 6.42 Å². The van der Waals surface area contributed by atoms with Gasteiger partial charge < -0.3 is 15.4 Å². The lowest BCUT2D eigenvalue weighted by molar-refractivity contribution is 0.211. The van der Waals surface area contributed by atoms with E-state index in [1.54, 1.807) is 0 Å². The smallest absolute Gasteiger partial charge is 0.190 e. The Morgan fingerprint density at radius 3 is 2.19 bits per heavy atom. The zero-order chi connectivity index (χ0) is 15.8. The van der Waals surface area contributed by atoms with Crippen molar-refractivity contribution < 1.29 is 13.5 Å². The van der Waals surface area contributed by atoms with Crippen molar-refractivity contribution in [3.8, 4) is 5.75 Å². The Bertz CT molecular complexity index is 413. The van der Waals surface area contributed by atoms with E-state index < -0.39 is 11.6 Å². The molecule has 0 bridgehead atoms. The molecule has 0 aliphatic carbocycles. The Morgan fingerprint density at radius 1 is 1.14 bits per heavy atom. The highest BCUT2D eigenvalue weighted by Crippen LogP contribution is 2.24. The Labute approximate surface area is 126 Å². The summed E-state index contributed by atoms with van der Waals surface area (Å²) < 4.78 is 33.1. The van der Waals surface area contributed by atoms with Crippen LogP contribution in [-0.4, -0.2) is 37.2 Å². The van der Waals surface area contributed by atoms with E-state index in [0.29, 0.717) is 18.5 Å². The SMILES string of the molecule is CCC(N)Cc1cc(F)c(OCCN(CC)CC)c(F)c1. The molecule has 0 aromatic heterocycles. The average Bonchev–Trinajstić information content (AvgIpc) is 2.45. The molecule has 0 spiro atoms. The van der Waals surface area contributed by atoms with Crippen molar-refractivity contribution >= 4 is 0 Å². The van der Waals surface area contributed by atoms with Crippen molar-refractivity contribution in [1.29, 1.82) is 0 Å². The molecule has 0 radical (unpaired) electrons. The number of hydrogen-bond donors (Lipinski definition) is 1. The summed E-state index contributed by atoms with van der Waals surface area (Å²) in [5.74, 6) is -1.61. The van der Waals surface area contributed by atoms with Crippen LogP contribution in [0.5, 0.6) is 5.75 Å². The topological polar surface area (TPSA) is 38.5 Å². The highest BCUT2D eigenvalue weighted by atomic mass is 19.1. The van der Waals surface area contributed by atoms with E-state index >= 15 is 0 Å². The second-order valence-corrected chi connectivity index (χ2v) is 5.14. The maximum Gasteiger partial charge on any atom is 0.190 e. The van der Waals surface area contributed by atoms with Crippen molar-refractivity contribution in [1.82, 2.24) is 4.90 Å². The Kier molecular flexibility index (Phi) is 7.61. The van der Waals surface area contributed by atoms with Gasteiger partial charge in [-0.2, -0.15) is 0 Å². The Morgan fingerprint density at radius 2 is 1.71 bits per heavy atom. The molecule has 0 aliphatic rings. The largest absolute Gasteiger partial charge is 0.486 e. The molecule has 1 rings (SSSR count). The fraction of sp³-hybridized carbons (Fsp3) is 0.625. The lowest BCUT2D eigenvalue weighted by atomic mass is 10.0. The lowest BCUT2D eigenvalue weighted by Crippen LogP contribution is -2.28. The minimum Gasteiger partial charge on any atom is -0.486 e. The van der Waals surface area contributed by atoms with Gasteiger partial charge in [0.15, 0.2) is 17.4 Å². The van der Waals surface area contributed by atoms with Gasteiger partial charge in [-0.3, -0.25) is 0 Å². The van der Waals surface area contributed by atoms with Gasteiger partial charge >= 0.3 is 0 Å². The van der Waals surface area contributed by atoms with Gasteiger partial charge in [-0.15, -0.1) is 0 Å². The molecule has 5 heteroatoms. The molecule has 0 heterocycles. The quantitative estimate of drug-likeness (QED) is 0.762. The third-order valence-corrected chi connectivity index (χ3v) is 3.63. The summed E-state index contributed by atoms with van der Waals surface area (Å²) >= 11 is 0. The molecule has 3 nitrogen and oxygen atoms in total. The molecular weight excluding hydrogens is 274 g/mol. The lowest BCUT2D eigenvalue weighted by Gasteiger charge is -2.18. The zero-order valence-corrected chi connectivity index (χ0v) is 13.2. The molecule has 1 aromatic carbocycles. The normalized spacial score (nSPS) is 12.7. The number of hydrogen-bond acceptors (Lipinski definition) is 3. The zero-order valence-electron chi connectivity index (χ0n) is 13.2. The molecule has 0 aliphatic heterocycles. The van der Waals surface area contributed by atoms with Crippen molar-refractivity contribution in [2.75, 3.05) is 26.2 Å². The van der Waals surface area contributed by atoms with Gasteiger partial charge in [0, 0.05) is 12.6 Å². The van der Waals surface area contributed by atoms with E-state index in [2.05, 4.69) is 4.90 Å². The monoisotopic (exact) mass is 300 g/mol. The Hall–Kier alpha value is -1.20. The molecule has 0 saturated heterocycles. The molecule has 1 atom stereocenters. The minimum atomic E-state index is -0.659. The second-order valence-electron chi connectivity index (χ2n) is 5.14. The van der Waals surface area contributed by atoms with Gasteiger partial charge in [0.25, 0.3) is 0 Å². The average molecular weight is 300 g/mol. The molecule has 0 amide bonds. The maximum atomic E-state index is 13.9. The number of nitrogens with two attached hydrogens (primary N) is 1. The van der Waals surface area contributed by atoms with E-state index in [4.69, 9.17) is 10.5 Å². The number of rotatable bonds is 9. The second kappa shape index (κ2) is 8.95. The van der Waals surface area contributed by atoms with E-state index in [-0.39, 0.29) is 18.4 Å². The van der Waals surface area contributed by atoms with Crippen LogP contribution in [0, 0.1) is 11.6 Å². The van der Waals surface area contributed by atoms with Crippen molar-refractivity contribution in [3.05, 3.63) is 29.3 Å². The van der Waals surface area contributed by atoms with Crippen LogP contribution in [0.25, 0.3) is 0 Å². The van der Waals surface area contributed by atoms with Crippen molar-refractivity contribution in [2.45, 2.75) is 39.7 Å². The first-order chi connectivity index (χ1) is 10.0. The fourth-order valence-electron chi connectivity index (χ4n) is 2.13. The fourth-order valence-corrected chi connectivity index (χ4v) is 2.13. The standard InChI is InChI=1S/C16H26F2N2O/c1-4-13(19)9-12-10-14(17)16(15(18)11-12)21-8-7-20(5-2)6-3/h10-11,13H,4-9,19H2,1-3H3. The maximum absolute atomic E-state index is 13.9. The summed E-state index contributed by atoms with van der Waals surface area (Å²) in [7, 11) is 0. The van der Waals surface area contributed by atoms with Gasteiger partial charge in [0.1, 0.15) is 6.61 Å².